The lowest BCUT2D eigenvalue weighted by atomic mass is 10.1. The van der Waals surface area contributed by atoms with Crippen LogP contribution in [0.4, 0.5) is 11.4 Å². The predicted molar refractivity (Wildman–Crippen MR) is 105 cm³/mol. The van der Waals surface area contributed by atoms with Gasteiger partial charge in [-0.15, -0.1) is 0 Å². The van der Waals surface area contributed by atoms with Gasteiger partial charge in [0.05, 0.1) is 10.6 Å². The standard InChI is InChI=1S/C22H16N2O2/c25-24(26)20-10-7-16(8-11-20)4-3-13-23-19-9-12-22-18(15-19)14-17-5-1-2-6-21(17)22/h1-13,15H,14H2/b4-3-,23-13?. The number of hydrogen-bond donors (Lipinski definition) is 0. The van der Waals surface area contributed by atoms with Crippen LogP contribution in [0.2, 0.25) is 0 Å². The van der Waals surface area contributed by atoms with Gasteiger partial charge in [0.1, 0.15) is 0 Å². The van der Waals surface area contributed by atoms with E-state index in [0.29, 0.717) is 0 Å². The molecule has 0 atom stereocenters. The van der Waals surface area contributed by atoms with E-state index in [4.69, 9.17) is 0 Å². The fourth-order valence-electron chi connectivity index (χ4n) is 3.20. The van der Waals surface area contributed by atoms with Crippen LogP contribution in [0.5, 0.6) is 0 Å². The predicted octanol–water partition coefficient (Wildman–Crippen LogP) is 5.58. The molecular weight excluding hydrogens is 324 g/mol. The maximum atomic E-state index is 10.6. The van der Waals surface area contributed by atoms with E-state index >= 15 is 0 Å². The van der Waals surface area contributed by atoms with Gasteiger partial charge in [-0.3, -0.25) is 15.1 Å². The van der Waals surface area contributed by atoms with Crippen LogP contribution in [0.3, 0.4) is 0 Å². The van der Waals surface area contributed by atoms with Crippen molar-refractivity contribution in [3.63, 3.8) is 0 Å². The Morgan fingerprint density at radius 2 is 1.69 bits per heavy atom. The van der Waals surface area contributed by atoms with Gasteiger partial charge in [-0.25, -0.2) is 0 Å². The molecular formula is C22H16N2O2. The molecule has 0 N–H and O–H groups in total. The molecule has 126 valence electrons. The molecule has 4 heteroatoms. The lowest BCUT2D eigenvalue weighted by molar-refractivity contribution is -0.384. The van der Waals surface area contributed by atoms with Gasteiger partial charge in [0, 0.05) is 18.3 Å². The monoisotopic (exact) mass is 340 g/mol. The fourth-order valence-corrected chi connectivity index (χ4v) is 3.20. The zero-order chi connectivity index (χ0) is 17.9. The minimum absolute atomic E-state index is 0.0926. The van der Waals surface area contributed by atoms with Gasteiger partial charge in [-0.05, 0) is 64.6 Å². The topological polar surface area (TPSA) is 55.5 Å². The van der Waals surface area contributed by atoms with Gasteiger partial charge in [-0.2, -0.15) is 0 Å². The van der Waals surface area contributed by atoms with E-state index in [2.05, 4.69) is 41.4 Å². The highest BCUT2D eigenvalue weighted by molar-refractivity contribution is 5.82. The minimum atomic E-state index is -0.402. The number of nitrogens with zero attached hydrogens (tertiary/aromatic N) is 2. The molecule has 1 aliphatic carbocycles. The number of nitro benzene ring substituents is 1. The fraction of sp³-hybridized carbons (Fsp3) is 0.0455. The van der Waals surface area contributed by atoms with Gasteiger partial charge in [-0.1, -0.05) is 36.4 Å². The molecule has 0 heterocycles. The summed E-state index contributed by atoms with van der Waals surface area (Å²) < 4.78 is 0. The number of benzene rings is 3. The summed E-state index contributed by atoms with van der Waals surface area (Å²) in [7, 11) is 0. The molecule has 0 bridgehead atoms. The van der Waals surface area contributed by atoms with E-state index in [1.807, 2.05) is 18.2 Å². The van der Waals surface area contributed by atoms with Gasteiger partial charge in [0.2, 0.25) is 0 Å². The van der Waals surface area contributed by atoms with Crippen molar-refractivity contribution in [2.45, 2.75) is 6.42 Å². The molecule has 0 aliphatic heterocycles. The smallest absolute Gasteiger partial charge is 0.258 e. The van der Waals surface area contributed by atoms with Crippen molar-refractivity contribution in [2.24, 2.45) is 4.99 Å². The van der Waals surface area contributed by atoms with Crippen LogP contribution in [0, 0.1) is 10.1 Å². The molecule has 4 rings (SSSR count). The largest absolute Gasteiger partial charge is 0.269 e. The second kappa shape index (κ2) is 6.76. The Labute approximate surface area is 151 Å². The summed E-state index contributed by atoms with van der Waals surface area (Å²) in [5.74, 6) is 0. The summed E-state index contributed by atoms with van der Waals surface area (Å²) >= 11 is 0. The van der Waals surface area contributed by atoms with Crippen molar-refractivity contribution >= 4 is 23.7 Å². The highest BCUT2D eigenvalue weighted by atomic mass is 16.6. The third-order valence-corrected chi connectivity index (χ3v) is 4.48. The summed E-state index contributed by atoms with van der Waals surface area (Å²) in [6, 6.07) is 21.2. The average molecular weight is 340 g/mol. The molecule has 0 spiro atoms. The number of allylic oxidation sites excluding steroid dienone is 1. The van der Waals surface area contributed by atoms with E-state index < -0.39 is 4.92 Å². The van der Waals surface area contributed by atoms with Crippen molar-refractivity contribution in [1.82, 2.24) is 0 Å². The number of aliphatic imine (C=N–C) groups is 1. The van der Waals surface area contributed by atoms with Crippen LogP contribution in [0.1, 0.15) is 16.7 Å². The first-order chi connectivity index (χ1) is 12.7. The van der Waals surface area contributed by atoms with Crippen LogP contribution >= 0.6 is 0 Å². The van der Waals surface area contributed by atoms with Gasteiger partial charge >= 0.3 is 0 Å². The molecule has 26 heavy (non-hydrogen) atoms. The van der Waals surface area contributed by atoms with Crippen molar-refractivity contribution in [1.29, 1.82) is 0 Å². The number of hydrogen-bond acceptors (Lipinski definition) is 3. The van der Waals surface area contributed by atoms with Crippen molar-refractivity contribution in [3.8, 4) is 11.1 Å². The summed E-state index contributed by atoms with van der Waals surface area (Å²) in [6.07, 6.45) is 6.40. The Bertz CT molecular complexity index is 1030. The van der Waals surface area contributed by atoms with E-state index in [1.165, 1.54) is 34.4 Å². The zero-order valence-corrected chi connectivity index (χ0v) is 14.0. The highest BCUT2D eigenvalue weighted by Gasteiger charge is 2.17. The molecule has 3 aromatic rings. The molecule has 0 amide bonds. The summed E-state index contributed by atoms with van der Waals surface area (Å²) in [4.78, 5) is 14.7. The van der Waals surface area contributed by atoms with Gasteiger partial charge in [0.25, 0.3) is 5.69 Å². The molecule has 0 saturated heterocycles. The number of rotatable bonds is 4. The maximum Gasteiger partial charge on any atom is 0.269 e. The Morgan fingerprint density at radius 1 is 0.923 bits per heavy atom. The lowest BCUT2D eigenvalue weighted by Gasteiger charge is -2.01. The quantitative estimate of drug-likeness (QED) is 0.276. The molecule has 0 unspecified atom stereocenters. The van der Waals surface area contributed by atoms with Crippen molar-refractivity contribution in [2.75, 3.05) is 0 Å². The first-order valence-corrected chi connectivity index (χ1v) is 8.37. The Hall–Kier alpha value is -3.53. The average Bonchev–Trinajstić information content (AvgIpc) is 3.03. The van der Waals surface area contributed by atoms with Crippen LogP contribution in [-0.2, 0) is 6.42 Å². The minimum Gasteiger partial charge on any atom is -0.258 e. The van der Waals surface area contributed by atoms with Crippen LogP contribution < -0.4 is 0 Å². The Morgan fingerprint density at radius 3 is 2.50 bits per heavy atom. The van der Waals surface area contributed by atoms with Gasteiger partial charge in [0.15, 0.2) is 0 Å². The third-order valence-electron chi connectivity index (χ3n) is 4.48. The third kappa shape index (κ3) is 3.17. The van der Waals surface area contributed by atoms with E-state index in [0.717, 1.165) is 17.7 Å². The van der Waals surface area contributed by atoms with Crippen molar-refractivity contribution < 1.29 is 4.92 Å². The highest BCUT2D eigenvalue weighted by Crippen LogP contribution is 2.37. The number of non-ortho nitro benzene ring substituents is 1. The molecule has 4 nitrogen and oxygen atoms in total. The van der Waals surface area contributed by atoms with E-state index in [-0.39, 0.29) is 5.69 Å². The van der Waals surface area contributed by atoms with Crippen LogP contribution in [-0.4, -0.2) is 11.1 Å². The molecule has 0 aromatic heterocycles. The molecule has 0 saturated carbocycles. The molecule has 0 radical (unpaired) electrons. The number of nitro groups is 1. The van der Waals surface area contributed by atoms with E-state index in [9.17, 15) is 10.1 Å². The van der Waals surface area contributed by atoms with Gasteiger partial charge < -0.3 is 0 Å². The Balaban J connectivity index is 1.46. The SMILES string of the molecule is O=[N+]([O-])c1ccc(/C=C\C=Nc2ccc3c(c2)Cc2ccccc2-3)cc1. The van der Waals surface area contributed by atoms with Crippen LogP contribution in [0.15, 0.2) is 77.8 Å². The van der Waals surface area contributed by atoms with E-state index in [1.54, 1.807) is 18.3 Å². The molecule has 3 aromatic carbocycles. The maximum absolute atomic E-state index is 10.6. The molecule has 0 fully saturated rings. The normalized spacial score (nSPS) is 12.5. The summed E-state index contributed by atoms with van der Waals surface area (Å²) in [5.41, 5.74) is 7.19. The Kier molecular flexibility index (Phi) is 4.15. The summed E-state index contributed by atoms with van der Waals surface area (Å²) in [6.45, 7) is 0. The first kappa shape index (κ1) is 16.0. The lowest BCUT2D eigenvalue weighted by Crippen LogP contribution is -1.86. The zero-order valence-electron chi connectivity index (χ0n) is 14.0. The second-order valence-electron chi connectivity index (χ2n) is 6.16. The van der Waals surface area contributed by atoms with Crippen molar-refractivity contribution in [3.05, 3.63) is 99.6 Å². The summed E-state index contributed by atoms with van der Waals surface area (Å²) in [5, 5.41) is 10.6. The second-order valence-corrected chi connectivity index (χ2v) is 6.16. The molecule has 1 aliphatic rings. The first-order valence-electron chi connectivity index (χ1n) is 8.37. The number of fused-ring (bicyclic) bond motifs is 3. The van der Waals surface area contributed by atoms with Crippen LogP contribution in [0.25, 0.3) is 17.2 Å².